The number of carboxylic acids is 1. The van der Waals surface area contributed by atoms with Crippen molar-refractivity contribution in [3.8, 4) is 11.5 Å². The Hall–Kier alpha value is -1.36. The normalized spacial score (nSPS) is 16.3. The van der Waals surface area contributed by atoms with E-state index in [-0.39, 0.29) is 5.56 Å². The maximum Gasteiger partial charge on any atom is 0.339 e. The summed E-state index contributed by atoms with van der Waals surface area (Å²) in [6, 6.07) is 0. The molecule has 0 aliphatic carbocycles. The number of carboxylic acid groups (broad SMARTS) is 1. The van der Waals surface area contributed by atoms with Crippen LogP contribution in [0.5, 0.6) is 11.5 Å². The molecule has 0 bridgehead atoms. The van der Waals surface area contributed by atoms with Gasteiger partial charge in [0.05, 0.1) is 18.1 Å². The van der Waals surface area contributed by atoms with E-state index < -0.39 is 5.97 Å². The lowest BCUT2D eigenvalue weighted by atomic mass is 9.99. The van der Waals surface area contributed by atoms with E-state index in [0.717, 1.165) is 16.0 Å². The molecule has 0 aromatic heterocycles. The van der Waals surface area contributed by atoms with E-state index in [1.165, 1.54) is 0 Å². The summed E-state index contributed by atoms with van der Waals surface area (Å²) in [5, 5.41) is 9.24. The zero-order valence-electron chi connectivity index (χ0n) is 8.45. The zero-order valence-corrected chi connectivity index (χ0v) is 9.34. The fourth-order valence-electron chi connectivity index (χ4n) is 2.31. The summed E-state index contributed by atoms with van der Waals surface area (Å²) >= 11 is 4.41. The molecule has 3 rings (SSSR count). The Labute approximate surface area is 97.6 Å². The Balaban J connectivity index is 2.36. The average molecular weight is 238 g/mol. The topological polar surface area (TPSA) is 55.8 Å². The van der Waals surface area contributed by atoms with Gasteiger partial charge in [0.1, 0.15) is 17.1 Å². The Morgan fingerprint density at radius 2 is 1.75 bits per heavy atom. The predicted octanol–water partition coefficient (Wildman–Crippen LogP) is 1.54. The summed E-state index contributed by atoms with van der Waals surface area (Å²) in [5.74, 6) is 0.167. The van der Waals surface area contributed by atoms with E-state index in [0.29, 0.717) is 37.6 Å². The molecule has 0 saturated carbocycles. The summed E-state index contributed by atoms with van der Waals surface area (Å²) in [6.45, 7) is 1.04. The summed E-state index contributed by atoms with van der Waals surface area (Å²) in [4.78, 5) is 12.0. The second-order valence-corrected chi connectivity index (χ2v) is 4.29. The molecule has 0 spiro atoms. The first-order valence-electron chi connectivity index (χ1n) is 5.09. The smallest absolute Gasteiger partial charge is 0.339 e. The van der Waals surface area contributed by atoms with Gasteiger partial charge in [-0.1, -0.05) is 0 Å². The highest BCUT2D eigenvalue weighted by molar-refractivity contribution is 7.80. The van der Waals surface area contributed by atoms with E-state index >= 15 is 0 Å². The van der Waals surface area contributed by atoms with Gasteiger partial charge >= 0.3 is 5.97 Å². The number of rotatable bonds is 1. The third kappa shape index (κ3) is 1.15. The molecule has 4 nitrogen and oxygen atoms in total. The van der Waals surface area contributed by atoms with Crippen LogP contribution in [0.4, 0.5) is 0 Å². The molecule has 0 radical (unpaired) electrons. The van der Waals surface area contributed by atoms with Gasteiger partial charge in [-0.25, -0.2) is 4.79 Å². The van der Waals surface area contributed by atoms with Crippen LogP contribution in [0.1, 0.15) is 21.5 Å². The lowest BCUT2D eigenvalue weighted by molar-refractivity contribution is 0.0692. The van der Waals surface area contributed by atoms with Crippen LogP contribution >= 0.6 is 12.6 Å². The molecule has 16 heavy (non-hydrogen) atoms. The molecule has 84 valence electrons. The van der Waals surface area contributed by atoms with Crippen LogP contribution in [0.2, 0.25) is 0 Å². The van der Waals surface area contributed by atoms with Crippen LogP contribution in [0, 0.1) is 0 Å². The number of ether oxygens (including phenoxy) is 2. The maximum atomic E-state index is 11.3. The molecule has 2 heterocycles. The molecule has 1 aromatic rings. The number of hydrogen-bond acceptors (Lipinski definition) is 4. The Morgan fingerprint density at radius 3 is 2.44 bits per heavy atom. The lowest BCUT2D eigenvalue weighted by Gasteiger charge is -2.11. The quantitative estimate of drug-likeness (QED) is 0.729. The average Bonchev–Trinajstić information content (AvgIpc) is 2.84. The van der Waals surface area contributed by atoms with Crippen LogP contribution in [0.15, 0.2) is 4.90 Å². The molecular weight excluding hydrogens is 228 g/mol. The van der Waals surface area contributed by atoms with Gasteiger partial charge in [0.2, 0.25) is 0 Å². The highest BCUT2D eigenvalue weighted by Crippen LogP contribution is 2.45. The minimum atomic E-state index is -0.951. The van der Waals surface area contributed by atoms with Gasteiger partial charge in [0.15, 0.2) is 0 Å². The summed E-state index contributed by atoms with van der Waals surface area (Å²) in [7, 11) is 0. The second kappa shape index (κ2) is 3.31. The van der Waals surface area contributed by atoms with E-state index in [9.17, 15) is 9.90 Å². The number of hydrogen-bond donors (Lipinski definition) is 2. The number of fused-ring (bicyclic) bond motifs is 2. The first kappa shape index (κ1) is 9.84. The fourth-order valence-corrected chi connectivity index (χ4v) is 2.72. The van der Waals surface area contributed by atoms with E-state index in [2.05, 4.69) is 12.6 Å². The van der Waals surface area contributed by atoms with E-state index in [4.69, 9.17) is 9.47 Å². The van der Waals surface area contributed by atoms with Gasteiger partial charge < -0.3 is 14.6 Å². The molecule has 0 atom stereocenters. The van der Waals surface area contributed by atoms with Crippen molar-refractivity contribution in [1.29, 1.82) is 0 Å². The van der Waals surface area contributed by atoms with Crippen LogP contribution < -0.4 is 9.47 Å². The third-order valence-corrected chi connectivity index (χ3v) is 3.46. The molecule has 0 unspecified atom stereocenters. The van der Waals surface area contributed by atoms with E-state index in [1.807, 2.05) is 0 Å². The lowest BCUT2D eigenvalue weighted by Crippen LogP contribution is -2.04. The predicted molar refractivity (Wildman–Crippen MR) is 59.1 cm³/mol. The van der Waals surface area contributed by atoms with Gasteiger partial charge in [-0.15, -0.1) is 12.6 Å². The van der Waals surface area contributed by atoms with Gasteiger partial charge in [-0.3, -0.25) is 0 Å². The Morgan fingerprint density at radius 1 is 1.12 bits per heavy atom. The molecule has 2 aliphatic rings. The van der Waals surface area contributed by atoms with Gasteiger partial charge in [0, 0.05) is 24.0 Å². The van der Waals surface area contributed by atoms with Crippen molar-refractivity contribution in [2.24, 2.45) is 0 Å². The molecule has 2 aliphatic heterocycles. The van der Waals surface area contributed by atoms with Crippen molar-refractivity contribution in [2.45, 2.75) is 17.7 Å². The minimum Gasteiger partial charge on any atom is -0.492 e. The zero-order chi connectivity index (χ0) is 11.3. The highest BCUT2D eigenvalue weighted by atomic mass is 32.1. The number of thiol groups is 1. The summed E-state index contributed by atoms with van der Waals surface area (Å²) in [5.41, 5.74) is 1.84. The van der Waals surface area contributed by atoms with E-state index in [1.54, 1.807) is 0 Å². The first-order valence-corrected chi connectivity index (χ1v) is 5.54. The standard InChI is InChI=1S/C11H10O4S/c12-11(13)7-5-1-3-15-9(5)10(16)6-2-4-14-8(6)7/h16H,1-4H2,(H,12,13). The van der Waals surface area contributed by atoms with Crippen molar-refractivity contribution in [3.05, 3.63) is 16.7 Å². The maximum absolute atomic E-state index is 11.3. The molecule has 5 heteroatoms. The summed E-state index contributed by atoms with van der Waals surface area (Å²) < 4.78 is 10.9. The molecule has 0 fully saturated rings. The van der Waals surface area contributed by atoms with Crippen molar-refractivity contribution in [2.75, 3.05) is 13.2 Å². The molecule has 1 N–H and O–H groups in total. The molecule has 0 amide bonds. The molecular formula is C11H10O4S. The first-order chi connectivity index (χ1) is 7.70. The third-order valence-electron chi connectivity index (χ3n) is 2.99. The summed E-state index contributed by atoms with van der Waals surface area (Å²) in [6.07, 6.45) is 1.31. The van der Waals surface area contributed by atoms with Crippen LogP contribution in [0.3, 0.4) is 0 Å². The van der Waals surface area contributed by atoms with Crippen molar-refractivity contribution in [1.82, 2.24) is 0 Å². The van der Waals surface area contributed by atoms with Crippen molar-refractivity contribution < 1.29 is 19.4 Å². The Bertz CT molecular complexity index is 460. The fraction of sp³-hybridized carbons (Fsp3) is 0.364. The van der Waals surface area contributed by atoms with Crippen molar-refractivity contribution in [3.63, 3.8) is 0 Å². The van der Waals surface area contributed by atoms with Crippen LogP contribution in [-0.2, 0) is 12.8 Å². The molecule has 0 saturated heterocycles. The minimum absolute atomic E-state index is 0.262. The molecule has 1 aromatic carbocycles. The van der Waals surface area contributed by atoms with Crippen molar-refractivity contribution >= 4 is 18.6 Å². The number of aromatic carboxylic acids is 1. The van der Waals surface area contributed by atoms with Gasteiger partial charge in [-0.05, 0) is 0 Å². The van der Waals surface area contributed by atoms with Crippen LogP contribution in [0.25, 0.3) is 0 Å². The van der Waals surface area contributed by atoms with Gasteiger partial charge in [-0.2, -0.15) is 0 Å². The second-order valence-electron chi connectivity index (χ2n) is 3.84. The SMILES string of the molecule is O=C(O)c1c2c(c(S)c3c1OCC3)OCC2. The highest BCUT2D eigenvalue weighted by Gasteiger charge is 2.32. The Kier molecular flexibility index (Phi) is 2.04. The number of carbonyl (C=O) groups is 1. The monoisotopic (exact) mass is 238 g/mol. The number of benzene rings is 1. The largest absolute Gasteiger partial charge is 0.492 e. The van der Waals surface area contributed by atoms with Crippen LogP contribution in [-0.4, -0.2) is 24.3 Å². The van der Waals surface area contributed by atoms with Gasteiger partial charge in [0.25, 0.3) is 0 Å².